The molecule has 0 unspecified atom stereocenters. The van der Waals surface area contributed by atoms with Gasteiger partial charge < -0.3 is 4.90 Å². The highest BCUT2D eigenvalue weighted by molar-refractivity contribution is 8.13. The van der Waals surface area contributed by atoms with Crippen LogP contribution in [-0.2, 0) is 0 Å². The minimum atomic E-state index is -4.30. The number of halogens is 3. The van der Waals surface area contributed by atoms with Gasteiger partial charge in [0.25, 0.3) is 0 Å². The van der Waals surface area contributed by atoms with Crippen LogP contribution in [-0.4, -0.2) is 35.1 Å². The van der Waals surface area contributed by atoms with Gasteiger partial charge in [0.15, 0.2) is 5.17 Å². The van der Waals surface area contributed by atoms with E-state index < -0.39 is 12.7 Å². The lowest BCUT2D eigenvalue weighted by molar-refractivity contribution is -0.140. The SMILES string of the molecule is CSC(=NC#N)N(CC(F)(F)F)C(C)C. The summed E-state index contributed by atoms with van der Waals surface area (Å²) in [5.74, 6) is 0. The number of aliphatic imine (C=N–C) groups is 1. The molecule has 0 aliphatic rings. The van der Waals surface area contributed by atoms with Gasteiger partial charge in [-0.1, -0.05) is 11.8 Å². The Morgan fingerprint density at radius 1 is 1.53 bits per heavy atom. The molecule has 0 aromatic carbocycles. The van der Waals surface area contributed by atoms with E-state index in [1.165, 1.54) is 6.19 Å². The molecular formula is C8H12F3N3S. The zero-order chi connectivity index (χ0) is 12.1. The van der Waals surface area contributed by atoms with Crippen molar-refractivity contribution >= 4 is 16.9 Å². The predicted molar refractivity (Wildman–Crippen MR) is 54.5 cm³/mol. The monoisotopic (exact) mass is 239 g/mol. The molecule has 0 saturated carbocycles. The van der Waals surface area contributed by atoms with E-state index in [9.17, 15) is 13.2 Å². The fourth-order valence-electron chi connectivity index (χ4n) is 0.934. The second kappa shape index (κ2) is 5.85. The van der Waals surface area contributed by atoms with Gasteiger partial charge in [-0.2, -0.15) is 18.4 Å². The molecule has 0 amide bonds. The van der Waals surface area contributed by atoms with Gasteiger partial charge in [-0.15, -0.1) is 4.99 Å². The van der Waals surface area contributed by atoms with Crippen LogP contribution in [0.5, 0.6) is 0 Å². The summed E-state index contributed by atoms with van der Waals surface area (Å²) in [6.07, 6.45) is -1.21. The average Bonchev–Trinajstić information content (AvgIpc) is 2.09. The molecule has 3 nitrogen and oxygen atoms in total. The first kappa shape index (κ1) is 14.1. The maximum Gasteiger partial charge on any atom is 0.406 e. The normalized spacial score (nSPS) is 12.8. The van der Waals surface area contributed by atoms with E-state index in [2.05, 4.69) is 4.99 Å². The summed E-state index contributed by atoms with van der Waals surface area (Å²) in [4.78, 5) is 4.41. The van der Waals surface area contributed by atoms with Crippen molar-refractivity contribution in [3.8, 4) is 6.19 Å². The van der Waals surface area contributed by atoms with Gasteiger partial charge in [-0.25, -0.2) is 0 Å². The third kappa shape index (κ3) is 5.52. The van der Waals surface area contributed by atoms with E-state index in [0.29, 0.717) is 0 Å². The zero-order valence-corrected chi connectivity index (χ0v) is 9.48. The summed E-state index contributed by atoms with van der Waals surface area (Å²) in [7, 11) is 0. The highest BCUT2D eigenvalue weighted by Crippen LogP contribution is 2.20. The Hall–Kier alpha value is -0.900. The first-order chi connectivity index (χ1) is 6.81. The van der Waals surface area contributed by atoms with Crippen molar-refractivity contribution in [3.63, 3.8) is 0 Å². The molecule has 0 bridgehead atoms. The fraction of sp³-hybridized carbons (Fsp3) is 0.750. The lowest BCUT2D eigenvalue weighted by Gasteiger charge is -2.29. The Bertz CT molecular complexity index is 267. The highest BCUT2D eigenvalue weighted by Gasteiger charge is 2.33. The van der Waals surface area contributed by atoms with Crippen LogP contribution in [0.1, 0.15) is 13.8 Å². The number of rotatable bonds is 2. The maximum atomic E-state index is 12.2. The smallest absolute Gasteiger partial charge is 0.339 e. The number of nitriles is 1. The lowest BCUT2D eigenvalue weighted by Crippen LogP contribution is -2.42. The van der Waals surface area contributed by atoms with E-state index in [1.54, 1.807) is 20.1 Å². The first-order valence-electron chi connectivity index (χ1n) is 4.16. The Kier molecular flexibility index (Phi) is 5.50. The third-order valence-corrected chi connectivity index (χ3v) is 2.24. The Morgan fingerprint density at radius 2 is 2.07 bits per heavy atom. The Labute approximate surface area is 91.0 Å². The molecule has 0 radical (unpaired) electrons. The van der Waals surface area contributed by atoms with Gasteiger partial charge in [0.1, 0.15) is 6.54 Å². The Balaban J connectivity index is 4.82. The minimum Gasteiger partial charge on any atom is -0.339 e. The van der Waals surface area contributed by atoms with E-state index >= 15 is 0 Å². The molecule has 0 aromatic heterocycles. The standard InChI is InChI=1S/C8H12F3N3S/c1-6(2)14(4-8(9,10)11)7(15-3)13-5-12/h6H,4H2,1-3H3. The molecule has 0 spiro atoms. The average molecular weight is 239 g/mol. The van der Waals surface area contributed by atoms with Crippen molar-refractivity contribution in [2.75, 3.05) is 12.8 Å². The van der Waals surface area contributed by atoms with Crippen molar-refractivity contribution in [1.82, 2.24) is 4.90 Å². The molecular weight excluding hydrogens is 227 g/mol. The lowest BCUT2D eigenvalue weighted by atomic mass is 10.3. The molecule has 15 heavy (non-hydrogen) atoms. The van der Waals surface area contributed by atoms with Gasteiger partial charge in [0.05, 0.1) is 0 Å². The van der Waals surface area contributed by atoms with Crippen molar-refractivity contribution in [2.24, 2.45) is 4.99 Å². The predicted octanol–water partition coefficient (Wildman–Crippen LogP) is 2.46. The first-order valence-corrected chi connectivity index (χ1v) is 5.38. The minimum absolute atomic E-state index is 0.0878. The second-order valence-electron chi connectivity index (χ2n) is 3.04. The largest absolute Gasteiger partial charge is 0.406 e. The van der Waals surface area contributed by atoms with E-state index in [4.69, 9.17) is 5.26 Å². The highest BCUT2D eigenvalue weighted by atomic mass is 32.2. The summed E-state index contributed by atoms with van der Waals surface area (Å²) in [6, 6.07) is -0.355. The second-order valence-corrected chi connectivity index (χ2v) is 3.81. The van der Waals surface area contributed by atoms with Crippen molar-refractivity contribution < 1.29 is 13.2 Å². The quantitative estimate of drug-likeness (QED) is 0.422. The topological polar surface area (TPSA) is 39.4 Å². The van der Waals surface area contributed by atoms with Gasteiger partial charge in [-0.3, -0.25) is 0 Å². The Morgan fingerprint density at radius 3 is 2.33 bits per heavy atom. The van der Waals surface area contributed by atoms with Gasteiger partial charge in [0, 0.05) is 6.04 Å². The zero-order valence-electron chi connectivity index (χ0n) is 8.67. The number of hydrogen-bond acceptors (Lipinski definition) is 3. The molecule has 0 rings (SSSR count). The fourth-order valence-corrected chi connectivity index (χ4v) is 1.58. The summed E-state index contributed by atoms with van der Waals surface area (Å²) in [5.41, 5.74) is 0. The molecule has 0 aliphatic heterocycles. The number of amidine groups is 1. The van der Waals surface area contributed by atoms with Gasteiger partial charge >= 0.3 is 6.18 Å². The van der Waals surface area contributed by atoms with Crippen LogP contribution < -0.4 is 0 Å². The van der Waals surface area contributed by atoms with Crippen LogP contribution >= 0.6 is 11.8 Å². The van der Waals surface area contributed by atoms with Crippen LogP contribution in [0.3, 0.4) is 0 Å². The molecule has 0 N–H and O–H groups in total. The molecule has 0 atom stereocenters. The maximum absolute atomic E-state index is 12.2. The van der Waals surface area contributed by atoms with Gasteiger partial charge in [0.2, 0.25) is 6.19 Å². The molecule has 0 saturated heterocycles. The summed E-state index contributed by atoms with van der Waals surface area (Å²) < 4.78 is 36.6. The molecule has 0 heterocycles. The number of nitrogens with zero attached hydrogens (tertiary/aromatic N) is 3. The number of thioether (sulfide) groups is 1. The van der Waals surface area contributed by atoms with E-state index in [-0.39, 0.29) is 11.2 Å². The summed E-state index contributed by atoms with van der Waals surface area (Å²) in [6.45, 7) is 2.15. The molecule has 0 aromatic rings. The molecule has 0 fully saturated rings. The molecule has 0 aliphatic carbocycles. The van der Waals surface area contributed by atoms with Crippen molar-refractivity contribution in [1.29, 1.82) is 5.26 Å². The van der Waals surface area contributed by atoms with Crippen LogP contribution in [0.15, 0.2) is 4.99 Å². The van der Waals surface area contributed by atoms with E-state index in [0.717, 1.165) is 16.7 Å². The number of alkyl halides is 3. The number of hydrogen-bond donors (Lipinski definition) is 0. The molecule has 86 valence electrons. The van der Waals surface area contributed by atoms with Crippen molar-refractivity contribution in [3.05, 3.63) is 0 Å². The summed E-state index contributed by atoms with van der Waals surface area (Å²) >= 11 is 1.03. The van der Waals surface area contributed by atoms with Crippen LogP contribution in [0.4, 0.5) is 13.2 Å². The van der Waals surface area contributed by atoms with Crippen molar-refractivity contribution in [2.45, 2.75) is 26.1 Å². The van der Waals surface area contributed by atoms with Crippen LogP contribution in [0.2, 0.25) is 0 Å². The third-order valence-electron chi connectivity index (χ3n) is 1.55. The summed E-state index contributed by atoms with van der Waals surface area (Å²) in [5, 5.41) is 8.43. The van der Waals surface area contributed by atoms with Crippen LogP contribution in [0.25, 0.3) is 0 Å². The van der Waals surface area contributed by atoms with Crippen LogP contribution in [0, 0.1) is 11.5 Å². The molecule has 7 heteroatoms. The van der Waals surface area contributed by atoms with Gasteiger partial charge in [-0.05, 0) is 20.1 Å². The van der Waals surface area contributed by atoms with E-state index in [1.807, 2.05) is 0 Å².